The third-order valence-electron chi connectivity index (χ3n) is 3.34. The summed E-state index contributed by atoms with van der Waals surface area (Å²) in [4.78, 5) is 25.5. The number of nitrogens with one attached hydrogen (secondary N) is 1. The first-order valence-electron chi connectivity index (χ1n) is 6.96. The highest BCUT2D eigenvalue weighted by Gasteiger charge is 2.35. The summed E-state index contributed by atoms with van der Waals surface area (Å²) >= 11 is 0. The van der Waals surface area contributed by atoms with Crippen LogP contribution in [0.2, 0.25) is 0 Å². The minimum atomic E-state index is -0.388. The van der Waals surface area contributed by atoms with E-state index in [-0.39, 0.29) is 35.9 Å². The Morgan fingerprint density at radius 2 is 2.05 bits per heavy atom. The Morgan fingerprint density at radius 1 is 1.42 bits per heavy atom. The molecule has 0 aromatic rings. The molecule has 0 aromatic heterocycles. The quantitative estimate of drug-likeness (QED) is 0.816. The van der Waals surface area contributed by atoms with Crippen LogP contribution in [-0.2, 0) is 14.3 Å². The molecule has 5 heteroatoms. The predicted molar refractivity (Wildman–Crippen MR) is 73.7 cm³/mol. The van der Waals surface area contributed by atoms with Crippen molar-refractivity contribution in [3.8, 4) is 0 Å². The van der Waals surface area contributed by atoms with Gasteiger partial charge in [-0.2, -0.15) is 0 Å². The number of carbonyl (C=O) groups is 2. The van der Waals surface area contributed by atoms with E-state index < -0.39 is 0 Å². The lowest BCUT2D eigenvalue weighted by atomic mass is 9.96. The molecule has 0 radical (unpaired) electrons. The zero-order valence-corrected chi connectivity index (χ0v) is 12.7. The summed E-state index contributed by atoms with van der Waals surface area (Å²) in [6, 6.07) is -0.388. The van der Waals surface area contributed by atoms with Gasteiger partial charge in [-0.05, 0) is 26.7 Å². The molecule has 19 heavy (non-hydrogen) atoms. The van der Waals surface area contributed by atoms with E-state index >= 15 is 0 Å². The SMILES string of the molecule is CCC(C)C1NC(=O)CN(CCOC(C)(C)C)C1=O. The number of carbonyl (C=O) groups excluding carboxylic acids is 2. The van der Waals surface area contributed by atoms with E-state index in [1.807, 2.05) is 34.6 Å². The van der Waals surface area contributed by atoms with E-state index in [1.165, 1.54) is 0 Å². The van der Waals surface area contributed by atoms with E-state index in [2.05, 4.69) is 5.32 Å². The van der Waals surface area contributed by atoms with Gasteiger partial charge in [0.1, 0.15) is 6.04 Å². The van der Waals surface area contributed by atoms with Crippen LogP contribution >= 0.6 is 0 Å². The Bertz CT molecular complexity index is 336. The number of piperazine rings is 1. The predicted octanol–water partition coefficient (Wildman–Crippen LogP) is 1.17. The molecule has 0 spiro atoms. The second-order valence-corrected chi connectivity index (χ2v) is 6.15. The molecule has 1 aliphatic heterocycles. The monoisotopic (exact) mass is 270 g/mol. The van der Waals surface area contributed by atoms with Gasteiger partial charge in [0.05, 0.1) is 18.8 Å². The van der Waals surface area contributed by atoms with Crippen molar-refractivity contribution in [1.82, 2.24) is 10.2 Å². The molecule has 1 fully saturated rings. The highest BCUT2D eigenvalue weighted by molar-refractivity contribution is 5.95. The summed E-state index contributed by atoms with van der Waals surface area (Å²) in [5.74, 6) is 0.0786. The zero-order chi connectivity index (χ0) is 14.6. The smallest absolute Gasteiger partial charge is 0.245 e. The largest absolute Gasteiger partial charge is 0.374 e. The van der Waals surface area contributed by atoms with Crippen molar-refractivity contribution < 1.29 is 14.3 Å². The molecule has 1 aliphatic rings. The molecule has 2 unspecified atom stereocenters. The van der Waals surface area contributed by atoms with E-state index in [1.54, 1.807) is 4.90 Å². The van der Waals surface area contributed by atoms with Gasteiger partial charge in [-0.1, -0.05) is 20.3 Å². The molecule has 1 rings (SSSR count). The lowest BCUT2D eigenvalue weighted by molar-refractivity contribution is -0.147. The normalized spacial score (nSPS) is 22.4. The van der Waals surface area contributed by atoms with Crippen LogP contribution in [0, 0.1) is 5.92 Å². The third-order valence-corrected chi connectivity index (χ3v) is 3.34. The van der Waals surface area contributed by atoms with Gasteiger partial charge in [-0.15, -0.1) is 0 Å². The van der Waals surface area contributed by atoms with E-state index in [4.69, 9.17) is 4.74 Å². The van der Waals surface area contributed by atoms with Crippen LogP contribution in [-0.4, -0.2) is 48.1 Å². The number of hydrogen-bond acceptors (Lipinski definition) is 3. The lowest BCUT2D eigenvalue weighted by Crippen LogP contribution is -2.60. The highest BCUT2D eigenvalue weighted by atomic mass is 16.5. The van der Waals surface area contributed by atoms with Crippen molar-refractivity contribution in [3.63, 3.8) is 0 Å². The average Bonchev–Trinajstić information content (AvgIpc) is 2.30. The maximum absolute atomic E-state index is 12.3. The average molecular weight is 270 g/mol. The van der Waals surface area contributed by atoms with Crippen LogP contribution in [0.5, 0.6) is 0 Å². The Morgan fingerprint density at radius 3 is 2.58 bits per heavy atom. The van der Waals surface area contributed by atoms with Crippen molar-refractivity contribution in [2.24, 2.45) is 5.92 Å². The van der Waals surface area contributed by atoms with Crippen molar-refractivity contribution in [3.05, 3.63) is 0 Å². The first kappa shape index (κ1) is 16.0. The molecule has 0 saturated carbocycles. The molecule has 2 atom stereocenters. The van der Waals surface area contributed by atoms with Crippen LogP contribution in [0.1, 0.15) is 41.0 Å². The topological polar surface area (TPSA) is 58.6 Å². The van der Waals surface area contributed by atoms with Crippen molar-refractivity contribution in [2.75, 3.05) is 19.7 Å². The first-order chi connectivity index (χ1) is 8.74. The molecule has 1 N–H and O–H groups in total. The van der Waals surface area contributed by atoms with Gasteiger partial charge >= 0.3 is 0 Å². The summed E-state index contributed by atoms with van der Waals surface area (Å²) in [5, 5.41) is 2.78. The van der Waals surface area contributed by atoms with Crippen LogP contribution in [0.25, 0.3) is 0 Å². The molecule has 0 aliphatic carbocycles. The second-order valence-electron chi connectivity index (χ2n) is 6.15. The summed E-state index contributed by atoms with van der Waals surface area (Å²) in [6.45, 7) is 11.0. The third kappa shape index (κ3) is 4.82. The van der Waals surface area contributed by atoms with E-state index in [0.717, 1.165) is 6.42 Å². The second kappa shape index (κ2) is 6.37. The summed E-state index contributed by atoms with van der Waals surface area (Å²) in [5.41, 5.74) is -0.225. The van der Waals surface area contributed by atoms with E-state index in [9.17, 15) is 9.59 Å². The van der Waals surface area contributed by atoms with Gasteiger partial charge in [-0.3, -0.25) is 9.59 Å². The fourth-order valence-corrected chi connectivity index (χ4v) is 2.00. The van der Waals surface area contributed by atoms with Gasteiger partial charge in [0.2, 0.25) is 11.8 Å². The Hall–Kier alpha value is -1.10. The van der Waals surface area contributed by atoms with Crippen LogP contribution in [0.15, 0.2) is 0 Å². The maximum Gasteiger partial charge on any atom is 0.245 e. The number of rotatable bonds is 5. The zero-order valence-electron chi connectivity index (χ0n) is 12.7. The van der Waals surface area contributed by atoms with Crippen molar-refractivity contribution >= 4 is 11.8 Å². The molecule has 1 heterocycles. The molecule has 2 amide bonds. The lowest BCUT2D eigenvalue weighted by Gasteiger charge is -2.35. The summed E-state index contributed by atoms with van der Waals surface area (Å²) in [7, 11) is 0. The van der Waals surface area contributed by atoms with Crippen LogP contribution < -0.4 is 5.32 Å². The molecule has 5 nitrogen and oxygen atoms in total. The summed E-state index contributed by atoms with van der Waals surface area (Å²) in [6.07, 6.45) is 0.864. The fourth-order valence-electron chi connectivity index (χ4n) is 2.00. The van der Waals surface area contributed by atoms with Crippen LogP contribution in [0.3, 0.4) is 0 Å². The van der Waals surface area contributed by atoms with Crippen LogP contribution in [0.4, 0.5) is 0 Å². The van der Waals surface area contributed by atoms with Gasteiger partial charge in [0, 0.05) is 6.54 Å². The Kier molecular flexibility index (Phi) is 5.35. The number of amides is 2. The minimum absolute atomic E-state index is 0.00598. The standard InChI is InChI=1S/C14H26N2O3/c1-6-10(2)12-13(18)16(9-11(17)15-12)7-8-19-14(3,4)5/h10,12H,6-9H2,1-5H3,(H,15,17). The molecule has 0 bridgehead atoms. The maximum atomic E-state index is 12.3. The van der Waals surface area contributed by atoms with E-state index in [0.29, 0.717) is 13.2 Å². The minimum Gasteiger partial charge on any atom is -0.374 e. The highest BCUT2D eigenvalue weighted by Crippen LogP contribution is 2.14. The molecular weight excluding hydrogens is 244 g/mol. The van der Waals surface area contributed by atoms with Gasteiger partial charge in [-0.25, -0.2) is 0 Å². The molecule has 110 valence electrons. The number of hydrogen-bond donors (Lipinski definition) is 1. The fraction of sp³-hybridized carbons (Fsp3) is 0.857. The first-order valence-corrected chi connectivity index (χ1v) is 6.96. The molecule has 1 saturated heterocycles. The number of ether oxygens (including phenoxy) is 1. The summed E-state index contributed by atoms with van der Waals surface area (Å²) < 4.78 is 5.61. The Balaban J connectivity index is 2.57. The Labute approximate surface area is 115 Å². The van der Waals surface area contributed by atoms with Gasteiger partial charge in [0.25, 0.3) is 0 Å². The van der Waals surface area contributed by atoms with Crippen molar-refractivity contribution in [1.29, 1.82) is 0 Å². The van der Waals surface area contributed by atoms with Crippen molar-refractivity contribution in [2.45, 2.75) is 52.7 Å². The number of nitrogens with zero attached hydrogens (tertiary/aromatic N) is 1. The molecule has 0 aromatic carbocycles. The van der Waals surface area contributed by atoms with Gasteiger partial charge in [0.15, 0.2) is 0 Å². The molecular formula is C14H26N2O3. The van der Waals surface area contributed by atoms with Gasteiger partial charge < -0.3 is 15.0 Å².